The van der Waals surface area contributed by atoms with Crippen molar-refractivity contribution in [2.75, 3.05) is 0 Å². The lowest BCUT2D eigenvalue weighted by Gasteiger charge is -2.01. The van der Waals surface area contributed by atoms with Crippen LogP contribution in [0.5, 0.6) is 0 Å². The molecule has 66 valence electrons. The second kappa shape index (κ2) is 2.97. The normalized spacial score (nSPS) is 10.3. The van der Waals surface area contributed by atoms with E-state index in [0.717, 1.165) is 22.4 Å². The average Bonchev–Trinajstić information content (AvgIpc) is 2.52. The first-order valence-corrected chi connectivity index (χ1v) is 4.06. The summed E-state index contributed by atoms with van der Waals surface area (Å²) in [5.74, 6) is 0. The van der Waals surface area contributed by atoms with Crippen LogP contribution in [-0.2, 0) is 0 Å². The number of aromatic nitrogens is 4. The predicted octanol–water partition coefficient (Wildman–Crippen LogP) is 1.48. The van der Waals surface area contributed by atoms with Gasteiger partial charge in [0.2, 0.25) is 0 Å². The van der Waals surface area contributed by atoms with Gasteiger partial charge in [0, 0.05) is 5.56 Å². The van der Waals surface area contributed by atoms with Gasteiger partial charge in [-0.15, -0.1) is 0 Å². The molecule has 0 saturated carbocycles. The summed E-state index contributed by atoms with van der Waals surface area (Å²) in [7, 11) is 0. The van der Waals surface area contributed by atoms with Gasteiger partial charge in [-0.2, -0.15) is 15.3 Å². The van der Waals surface area contributed by atoms with Crippen LogP contribution in [0.15, 0.2) is 18.6 Å². The molecule has 4 heteroatoms. The molecule has 2 rings (SSSR count). The lowest BCUT2D eigenvalue weighted by Crippen LogP contribution is -1.89. The lowest BCUT2D eigenvalue weighted by molar-refractivity contribution is 1.01. The minimum absolute atomic E-state index is 1.02. The van der Waals surface area contributed by atoms with Crippen LogP contribution in [0.3, 0.4) is 0 Å². The quantitative estimate of drug-likeness (QED) is 0.712. The van der Waals surface area contributed by atoms with Crippen molar-refractivity contribution in [3.05, 3.63) is 29.7 Å². The van der Waals surface area contributed by atoms with Crippen LogP contribution < -0.4 is 0 Å². The molecule has 0 fully saturated rings. The van der Waals surface area contributed by atoms with Crippen molar-refractivity contribution in [2.24, 2.45) is 0 Å². The van der Waals surface area contributed by atoms with Crippen molar-refractivity contribution in [1.29, 1.82) is 0 Å². The van der Waals surface area contributed by atoms with Gasteiger partial charge < -0.3 is 0 Å². The summed E-state index contributed by atoms with van der Waals surface area (Å²) in [5.41, 5.74) is 4.30. The number of nitrogens with one attached hydrogen (secondary N) is 1. The highest BCUT2D eigenvalue weighted by Crippen LogP contribution is 2.21. The summed E-state index contributed by atoms with van der Waals surface area (Å²) in [6.45, 7) is 4.02. The summed E-state index contributed by atoms with van der Waals surface area (Å²) in [6.07, 6.45) is 5.29. The zero-order valence-corrected chi connectivity index (χ0v) is 7.57. The zero-order chi connectivity index (χ0) is 9.26. The van der Waals surface area contributed by atoms with Gasteiger partial charge in [0.1, 0.15) is 0 Å². The molecule has 0 aliphatic heterocycles. The maximum absolute atomic E-state index is 3.97. The van der Waals surface area contributed by atoms with Gasteiger partial charge in [-0.3, -0.25) is 5.10 Å². The van der Waals surface area contributed by atoms with E-state index >= 15 is 0 Å². The van der Waals surface area contributed by atoms with Gasteiger partial charge >= 0.3 is 0 Å². The van der Waals surface area contributed by atoms with Crippen molar-refractivity contribution >= 4 is 0 Å². The van der Waals surface area contributed by atoms with Crippen molar-refractivity contribution in [2.45, 2.75) is 13.8 Å². The van der Waals surface area contributed by atoms with Crippen molar-refractivity contribution in [3.63, 3.8) is 0 Å². The van der Waals surface area contributed by atoms with Gasteiger partial charge in [0.25, 0.3) is 0 Å². The molecule has 0 amide bonds. The summed E-state index contributed by atoms with van der Waals surface area (Å²) < 4.78 is 0. The van der Waals surface area contributed by atoms with E-state index in [-0.39, 0.29) is 0 Å². The number of aryl methyl sites for hydroxylation is 2. The van der Waals surface area contributed by atoms with Crippen molar-refractivity contribution in [1.82, 2.24) is 20.4 Å². The first-order chi connectivity index (χ1) is 6.29. The number of nitrogens with zero attached hydrogens (tertiary/aromatic N) is 3. The largest absolute Gasteiger partial charge is 0.278 e. The SMILES string of the molecule is Cc1cnncc1-c1[nH]ncc1C. The first kappa shape index (κ1) is 7.91. The van der Waals surface area contributed by atoms with Crippen LogP contribution in [0.25, 0.3) is 11.3 Å². The molecule has 2 aromatic rings. The number of H-pyrrole nitrogens is 1. The van der Waals surface area contributed by atoms with E-state index in [1.54, 1.807) is 18.6 Å². The maximum Gasteiger partial charge on any atom is 0.0698 e. The van der Waals surface area contributed by atoms with Gasteiger partial charge in [-0.25, -0.2) is 0 Å². The maximum atomic E-state index is 3.97. The Morgan fingerprint density at radius 2 is 1.77 bits per heavy atom. The molecule has 0 bridgehead atoms. The predicted molar refractivity (Wildman–Crippen MR) is 49.1 cm³/mol. The standard InChI is InChI=1S/C9H10N4/c1-6-3-10-11-5-8(6)9-7(2)4-12-13-9/h3-5H,1-2H3,(H,12,13). The van der Waals surface area contributed by atoms with Crippen LogP contribution in [0, 0.1) is 13.8 Å². The molecule has 0 spiro atoms. The molecule has 0 unspecified atom stereocenters. The van der Waals surface area contributed by atoms with E-state index in [0.29, 0.717) is 0 Å². The third-order valence-corrected chi connectivity index (χ3v) is 2.03. The Morgan fingerprint density at radius 3 is 2.38 bits per heavy atom. The molecular weight excluding hydrogens is 164 g/mol. The molecule has 0 aliphatic carbocycles. The third kappa shape index (κ3) is 1.30. The molecule has 2 aromatic heterocycles. The summed E-state index contributed by atoms with van der Waals surface area (Å²) in [4.78, 5) is 0. The number of hydrogen-bond acceptors (Lipinski definition) is 3. The molecule has 2 heterocycles. The number of hydrogen-bond donors (Lipinski definition) is 1. The second-order valence-corrected chi connectivity index (χ2v) is 3.01. The highest BCUT2D eigenvalue weighted by atomic mass is 15.1. The fourth-order valence-electron chi connectivity index (χ4n) is 1.26. The van der Waals surface area contributed by atoms with Crippen LogP contribution >= 0.6 is 0 Å². The smallest absolute Gasteiger partial charge is 0.0698 e. The molecular formula is C9H10N4. The molecule has 0 radical (unpaired) electrons. The summed E-state index contributed by atoms with van der Waals surface area (Å²) in [5, 5.41) is 14.6. The van der Waals surface area contributed by atoms with Crippen molar-refractivity contribution < 1.29 is 0 Å². The van der Waals surface area contributed by atoms with Crippen molar-refractivity contribution in [3.8, 4) is 11.3 Å². The van der Waals surface area contributed by atoms with Crippen LogP contribution in [0.4, 0.5) is 0 Å². The fraction of sp³-hybridized carbons (Fsp3) is 0.222. The van der Waals surface area contributed by atoms with Gasteiger partial charge in [0.15, 0.2) is 0 Å². The van der Waals surface area contributed by atoms with E-state index < -0.39 is 0 Å². The topological polar surface area (TPSA) is 54.5 Å². The minimum atomic E-state index is 1.02. The molecule has 4 nitrogen and oxygen atoms in total. The van der Waals surface area contributed by atoms with E-state index in [1.165, 1.54) is 0 Å². The van der Waals surface area contributed by atoms with E-state index in [4.69, 9.17) is 0 Å². The van der Waals surface area contributed by atoms with Gasteiger partial charge in [0.05, 0.1) is 24.3 Å². The van der Waals surface area contributed by atoms with Crippen LogP contribution in [-0.4, -0.2) is 20.4 Å². The molecule has 0 saturated heterocycles. The van der Waals surface area contributed by atoms with E-state index in [9.17, 15) is 0 Å². The Balaban J connectivity index is 2.59. The van der Waals surface area contributed by atoms with E-state index in [2.05, 4.69) is 20.4 Å². The summed E-state index contributed by atoms with van der Waals surface area (Å²) in [6, 6.07) is 0. The van der Waals surface area contributed by atoms with Gasteiger partial charge in [-0.1, -0.05) is 0 Å². The Morgan fingerprint density at radius 1 is 1.00 bits per heavy atom. The Labute approximate surface area is 76.0 Å². The molecule has 0 aromatic carbocycles. The Kier molecular flexibility index (Phi) is 1.81. The highest BCUT2D eigenvalue weighted by molar-refractivity contribution is 5.64. The Bertz CT molecular complexity index is 419. The van der Waals surface area contributed by atoms with E-state index in [1.807, 2.05) is 13.8 Å². The highest BCUT2D eigenvalue weighted by Gasteiger charge is 2.06. The number of rotatable bonds is 1. The zero-order valence-electron chi connectivity index (χ0n) is 7.57. The average molecular weight is 174 g/mol. The third-order valence-electron chi connectivity index (χ3n) is 2.03. The molecule has 1 N–H and O–H groups in total. The second-order valence-electron chi connectivity index (χ2n) is 3.01. The minimum Gasteiger partial charge on any atom is -0.278 e. The molecule has 13 heavy (non-hydrogen) atoms. The monoisotopic (exact) mass is 174 g/mol. The fourth-order valence-corrected chi connectivity index (χ4v) is 1.26. The lowest BCUT2D eigenvalue weighted by atomic mass is 10.1. The summed E-state index contributed by atoms with van der Waals surface area (Å²) >= 11 is 0. The first-order valence-electron chi connectivity index (χ1n) is 4.06. The number of aromatic amines is 1. The Hall–Kier alpha value is -1.71. The van der Waals surface area contributed by atoms with Gasteiger partial charge in [-0.05, 0) is 25.0 Å². The molecule has 0 aliphatic rings. The van der Waals surface area contributed by atoms with Crippen LogP contribution in [0.2, 0.25) is 0 Å². The van der Waals surface area contributed by atoms with Crippen LogP contribution in [0.1, 0.15) is 11.1 Å². The molecule has 0 atom stereocenters.